The zero-order valence-electron chi connectivity index (χ0n) is 9.98. The minimum Gasteiger partial charge on any atom is -0.323 e. The van der Waals surface area contributed by atoms with Gasteiger partial charge in [0.05, 0.1) is 17.8 Å². The van der Waals surface area contributed by atoms with E-state index in [2.05, 4.69) is 15.7 Å². The molecule has 1 saturated heterocycles. The van der Waals surface area contributed by atoms with E-state index in [9.17, 15) is 4.79 Å². The topological polar surface area (TPSA) is 59.0 Å². The number of carbonyl (C=O) groups is 1. The molecule has 1 fully saturated rings. The van der Waals surface area contributed by atoms with Gasteiger partial charge in [0.25, 0.3) is 0 Å². The number of nitrogens with zero attached hydrogens (tertiary/aromatic N) is 2. The second kappa shape index (κ2) is 6.61. The molecule has 6 heteroatoms. The third-order valence-electron chi connectivity index (χ3n) is 2.89. The van der Waals surface area contributed by atoms with Gasteiger partial charge >= 0.3 is 0 Å². The Bertz CT molecular complexity index is 360. The van der Waals surface area contributed by atoms with Crippen LogP contribution in [0.25, 0.3) is 0 Å². The SMILES string of the molecule is CCn1cc(NC(=O)[C@@H]2CCCNC2)cn1.Cl. The summed E-state index contributed by atoms with van der Waals surface area (Å²) in [7, 11) is 0. The number of carbonyl (C=O) groups excluding carboxylic acids is 1. The summed E-state index contributed by atoms with van der Waals surface area (Å²) < 4.78 is 1.80. The molecule has 1 aromatic rings. The Morgan fingerprint density at radius 2 is 2.53 bits per heavy atom. The first-order valence-electron chi connectivity index (χ1n) is 5.83. The van der Waals surface area contributed by atoms with Gasteiger partial charge in [0.2, 0.25) is 5.91 Å². The van der Waals surface area contributed by atoms with Crippen LogP contribution >= 0.6 is 12.4 Å². The van der Waals surface area contributed by atoms with Crippen LogP contribution in [0.1, 0.15) is 19.8 Å². The van der Waals surface area contributed by atoms with E-state index < -0.39 is 0 Å². The maximum atomic E-state index is 11.9. The minimum absolute atomic E-state index is 0. The lowest BCUT2D eigenvalue weighted by Gasteiger charge is -2.21. The van der Waals surface area contributed by atoms with Crippen LogP contribution in [-0.2, 0) is 11.3 Å². The Labute approximate surface area is 107 Å². The van der Waals surface area contributed by atoms with Gasteiger partial charge in [0.15, 0.2) is 0 Å². The first-order valence-corrected chi connectivity index (χ1v) is 5.83. The number of amides is 1. The van der Waals surface area contributed by atoms with Crippen molar-refractivity contribution in [3.8, 4) is 0 Å². The molecule has 1 atom stereocenters. The van der Waals surface area contributed by atoms with Crippen LogP contribution in [0, 0.1) is 5.92 Å². The zero-order chi connectivity index (χ0) is 11.4. The van der Waals surface area contributed by atoms with E-state index in [0.717, 1.165) is 38.2 Å². The second-order valence-corrected chi connectivity index (χ2v) is 4.12. The van der Waals surface area contributed by atoms with Crippen LogP contribution in [0.15, 0.2) is 12.4 Å². The van der Waals surface area contributed by atoms with Crippen LogP contribution in [0.2, 0.25) is 0 Å². The van der Waals surface area contributed by atoms with Gasteiger partial charge in [-0.05, 0) is 26.3 Å². The molecule has 5 nitrogen and oxygen atoms in total. The molecule has 0 aliphatic carbocycles. The lowest BCUT2D eigenvalue weighted by Crippen LogP contribution is -2.37. The first kappa shape index (κ1) is 14.0. The second-order valence-electron chi connectivity index (χ2n) is 4.12. The Kier molecular flexibility index (Phi) is 5.44. The predicted octanol–water partition coefficient (Wildman–Crippen LogP) is 1.26. The molecule has 96 valence electrons. The van der Waals surface area contributed by atoms with Gasteiger partial charge in [0, 0.05) is 19.3 Å². The summed E-state index contributed by atoms with van der Waals surface area (Å²) in [5.41, 5.74) is 0.789. The summed E-state index contributed by atoms with van der Waals surface area (Å²) in [4.78, 5) is 11.9. The number of halogens is 1. The molecule has 0 aromatic carbocycles. The van der Waals surface area contributed by atoms with E-state index in [4.69, 9.17) is 0 Å². The molecular weight excluding hydrogens is 240 g/mol. The van der Waals surface area contributed by atoms with Gasteiger partial charge < -0.3 is 10.6 Å². The van der Waals surface area contributed by atoms with Crippen LogP contribution in [0.3, 0.4) is 0 Å². The first-order chi connectivity index (χ1) is 7.79. The molecule has 0 spiro atoms. The van der Waals surface area contributed by atoms with E-state index in [1.165, 1.54) is 0 Å². The highest BCUT2D eigenvalue weighted by molar-refractivity contribution is 5.92. The van der Waals surface area contributed by atoms with Crippen LogP contribution in [0.4, 0.5) is 5.69 Å². The van der Waals surface area contributed by atoms with Gasteiger partial charge in [-0.1, -0.05) is 0 Å². The number of hydrogen-bond acceptors (Lipinski definition) is 3. The van der Waals surface area contributed by atoms with Crippen molar-refractivity contribution in [2.24, 2.45) is 5.92 Å². The van der Waals surface area contributed by atoms with E-state index in [1.807, 2.05) is 13.1 Å². The molecule has 1 aliphatic heterocycles. The predicted molar refractivity (Wildman–Crippen MR) is 69.4 cm³/mol. The summed E-state index contributed by atoms with van der Waals surface area (Å²) >= 11 is 0. The molecule has 1 amide bonds. The molecule has 2 N–H and O–H groups in total. The Morgan fingerprint density at radius 1 is 1.71 bits per heavy atom. The van der Waals surface area contributed by atoms with Crippen molar-refractivity contribution in [2.45, 2.75) is 26.3 Å². The number of anilines is 1. The molecule has 0 radical (unpaired) electrons. The summed E-state index contributed by atoms with van der Waals surface area (Å²) in [5.74, 6) is 0.196. The van der Waals surface area contributed by atoms with Crippen LogP contribution in [-0.4, -0.2) is 28.8 Å². The Morgan fingerprint density at radius 3 is 3.12 bits per heavy atom. The van der Waals surface area contributed by atoms with E-state index in [0.29, 0.717) is 0 Å². The minimum atomic E-state index is 0. The molecule has 17 heavy (non-hydrogen) atoms. The molecule has 2 rings (SSSR count). The molecular formula is C11H19ClN4O. The average molecular weight is 259 g/mol. The van der Waals surface area contributed by atoms with Gasteiger partial charge in [-0.25, -0.2) is 0 Å². The lowest BCUT2D eigenvalue weighted by molar-refractivity contribution is -0.120. The highest BCUT2D eigenvalue weighted by Gasteiger charge is 2.20. The molecule has 0 saturated carbocycles. The van der Waals surface area contributed by atoms with Gasteiger partial charge in [-0.15, -0.1) is 12.4 Å². The van der Waals surface area contributed by atoms with E-state index >= 15 is 0 Å². The van der Waals surface area contributed by atoms with Crippen molar-refractivity contribution >= 4 is 24.0 Å². The zero-order valence-corrected chi connectivity index (χ0v) is 10.8. The van der Waals surface area contributed by atoms with Crippen LogP contribution in [0.5, 0.6) is 0 Å². The number of rotatable bonds is 3. The smallest absolute Gasteiger partial charge is 0.228 e. The monoisotopic (exact) mass is 258 g/mol. The third kappa shape index (κ3) is 3.71. The average Bonchev–Trinajstić information content (AvgIpc) is 2.78. The highest BCUT2D eigenvalue weighted by Crippen LogP contribution is 2.13. The maximum Gasteiger partial charge on any atom is 0.228 e. The largest absolute Gasteiger partial charge is 0.323 e. The lowest BCUT2D eigenvalue weighted by atomic mass is 9.99. The van der Waals surface area contributed by atoms with Crippen molar-refractivity contribution in [1.29, 1.82) is 0 Å². The van der Waals surface area contributed by atoms with Crippen LogP contribution < -0.4 is 10.6 Å². The molecule has 1 aliphatic rings. The van der Waals surface area contributed by atoms with Crippen molar-refractivity contribution in [2.75, 3.05) is 18.4 Å². The molecule has 1 aromatic heterocycles. The van der Waals surface area contributed by atoms with E-state index in [1.54, 1.807) is 10.9 Å². The number of aryl methyl sites for hydroxylation is 1. The van der Waals surface area contributed by atoms with Crippen molar-refractivity contribution < 1.29 is 4.79 Å². The fourth-order valence-corrected chi connectivity index (χ4v) is 1.92. The fourth-order valence-electron chi connectivity index (χ4n) is 1.92. The summed E-state index contributed by atoms with van der Waals surface area (Å²) in [6.07, 6.45) is 5.60. The molecule has 2 heterocycles. The summed E-state index contributed by atoms with van der Waals surface area (Å²) in [6.45, 7) is 4.65. The van der Waals surface area contributed by atoms with Gasteiger partial charge in [0.1, 0.15) is 0 Å². The quantitative estimate of drug-likeness (QED) is 0.858. The van der Waals surface area contributed by atoms with Crippen molar-refractivity contribution in [3.63, 3.8) is 0 Å². The van der Waals surface area contributed by atoms with Gasteiger partial charge in [-0.2, -0.15) is 5.10 Å². The number of hydrogen-bond donors (Lipinski definition) is 2. The number of piperidine rings is 1. The maximum absolute atomic E-state index is 11.9. The molecule has 0 unspecified atom stereocenters. The summed E-state index contributed by atoms with van der Waals surface area (Å²) in [6, 6.07) is 0. The Balaban J connectivity index is 0.00000144. The van der Waals surface area contributed by atoms with Gasteiger partial charge in [-0.3, -0.25) is 9.48 Å². The van der Waals surface area contributed by atoms with Crippen molar-refractivity contribution in [1.82, 2.24) is 15.1 Å². The van der Waals surface area contributed by atoms with Crippen molar-refractivity contribution in [3.05, 3.63) is 12.4 Å². The molecule has 0 bridgehead atoms. The fraction of sp³-hybridized carbons (Fsp3) is 0.636. The Hall–Kier alpha value is -1.07. The normalized spacial score (nSPS) is 19.5. The highest BCUT2D eigenvalue weighted by atomic mass is 35.5. The number of aromatic nitrogens is 2. The van der Waals surface area contributed by atoms with E-state index in [-0.39, 0.29) is 24.2 Å². The standard InChI is InChI=1S/C11H18N4O.ClH/c1-2-15-8-10(7-13-15)14-11(16)9-4-3-5-12-6-9;/h7-9,12H,2-6H2,1H3,(H,14,16);1H/t9-;/m1./s1. The summed E-state index contributed by atoms with van der Waals surface area (Å²) in [5, 5.41) is 10.3. The third-order valence-corrected chi connectivity index (χ3v) is 2.89. The number of nitrogens with one attached hydrogen (secondary N) is 2.